The molecule has 2 rings (SSSR count). The molecule has 1 aromatic carbocycles. The molecule has 5 nitrogen and oxygen atoms in total. The molecule has 1 heterocycles. The fourth-order valence-corrected chi connectivity index (χ4v) is 2.71. The molecular weight excluding hydrogens is 297 g/mol. The van der Waals surface area contributed by atoms with E-state index in [4.69, 9.17) is 0 Å². The Morgan fingerprint density at radius 2 is 2.30 bits per heavy atom. The highest BCUT2D eigenvalue weighted by molar-refractivity contribution is 6.00. The van der Waals surface area contributed by atoms with Crippen molar-refractivity contribution in [3.8, 4) is 0 Å². The van der Waals surface area contributed by atoms with Crippen molar-refractivity contribution in [3.05, 3.63) is 42.2 Å². The molecule has 0 aromatic heterocycles. The third kappa shape index (κ3) is 3.88. The summed E-state index contributed by atoms with van der Waals surface area (Å²) in [7, 11) is 1.65. The highest BCUT2D eigenvalue weighted by Gasteiger charge is 2.31. The van der Waals surface area contributed by atoms with Crippen LogP contribution in [0.3, 0.4) is 0 Å². The summed E-state index contributed by atoms with van der Waals surface area (Å²) in [6.07, 6.45) is 3.00. The fraction of sp³-hybridized carbons (Fsp3) is 0.412. The van der Waals surface area contributed by atoms with Crippen molar-refractivity contribution in [1.29, 1.82) is 0 Å². The predicted molar refractivity (Wildman–Crippen MR) is 87.9 cm³/mol. The number of hydrogen-bond donors (Lipinski definition) is 1. The normalized spacial score (nSPS) is 17.8. The van der Waals surface area contributed by atoms with Crippen LogP contribution in [0.1, 0.15) is 18.4 Å². The Morgan fingerprint density at radius 1 is 1.57 bits per heavy atom. The number of likely N-dealkylation sites (N-methyl/N-ethyl adjacent to an activating group) is 1. The van der Waals surface area contributed by atoms with E-state index in [1.165, 1.54) is 17.0 Å². The Labute approximate surface area is 135 Å². The first-order valence-corrected chi connectivity index (χ1v) is 7.64. The van der Waals surface area contributed by atoms with Gasteiger partial charge in [-0.15, -0.1) is 6.58 Å². The molecule has 23 heavy (non-hydrogen) atoms. The lowest BCUT2D eigenvalue weighted by atomic mass is 10.0. The summed E-state index contributed by atoms with van der Waals surface area (Å²) in [6.45, 7) is 6.34. The first kappa shape index (κ1) is 17.0. The first-order chi connectivity index (χ1) is 10.9. The van der Waals surface area contributed by atoms with Crippen molar-refractivity contribution in [2.45, 2.75) is 25.8 Å². The average molecular weight is 319 g/mol. The molecule has 124 valence electrons. The van der Waals surface area contributed by atoms with Gasteiger partial charge in [-0.2, -0.15) is 0 Å². The van der Waals surface area contributed by atoms with E-state index in [0.717, 1.165) is 6.42 Å². The number of anilines is 1. The van der Waals surface area contributed by atoms with E-state index < -0.39 is 6.04 Å². The number of benzene rings is 1. The Hall–Kier alpha value is -2.37. The van der Waals surface area contributed by atoms with Crippen LogP contribution < -0.4 is 10.2 Å². The molecule has 0 saturated carbocycles. The molecule has 1 fully saturated rings. The molecule has 0 spiro atoms. The molecule has 0 aliphatic carbocycles. The topological polar surface area (TPSA) is 52.7 Å². The van der Waals surface area contributed by atoms with Gasteiger partial charge in [0.05, 0.1) is 0 Å². The lowest BCUT2D eigenvalue weighted by Crippen LogP contribution is -2.54. The lowest BCUT2D eigenvalue weighted by Gasteiger charge is -2.34. The highest BCUT2D eigenvalue weighted by Crippen LogP contribution is 2.25. The van der Waals surface area contributed by atoms with Gasteiger partial charge in [0.25, 0.3) is 0 Å². The van der Waals surface area contributed by atoms with Crippen molar-refractivity contribution >= 4 is 17.6 Å². The molecule has 0 bridgehead atoms. The monoisotopic (exact) mass is 319 g/mol. The van der Waals surface area contributed by atoms with Crippen LogP contribution in [-0.2, 0) is 4.79 Å². The van der Waals surface area contributed by atoms with Crippen LogP contribution in [0.25, 0.3) is 0 Å². The number of nitrogens with zero attached hydrogens (tertiary/aromatic N) is 2. The number of piperidine rings is 1. The maximum Gasteiger partial charge on any atom is 0.318 e. The summed E-state index contributed by atoms with van der Waals surface area (Å²) in [6, 6.07) is 3.49. The van der Waals surface area contributed by atoms with E-state index in [-0.39, 0.29) is 17.8 Å². The van der Waals surface area contributed by atoms with E-state index in [2.05, 4.69) is 11.9 Å². The van der Waals surface area contributed by atoms with Crippen molar-refractivity contribution in [3.63, 3.8) is 0 Å². The van der Waals surface area contributed by atoms with Crippen LogP contribution >= 0.6 is 0 Å². The molecule has 1 aliphatic rings. The summed E-state index contributed by atoms with van der Waals surface area (Å²) in [4.78, 5) is 27.8. The number of aryl methyl sites for hydroxylation is 1. The molecule has 3 amide bonds. The second-order valence-corrected chi connectivity index (χ2v) is 5.73. The quantitative estimate of drug-likeness (QED) is 0.867. The van der Waals surface area contributed by atoms with Crippen LogP contribution in [0.2, 0.25) is 0 Å². The van der Waals surface area contributed by atoms with Crippen LogP contribution in [0, 0.1) is 12.7 Å². The number of carbonyl (C=O) groups is 2. The van der Waals surface area contributed by atoms with Gasteiger partial charge in [0.2, 0.25) is 5.91 Å². The zero-order chi connectivity index (χ0) is 17.0. The molecular formula is C17H22FN3O2. The van der Waals surface area contributed by atoms with Crippen molar-refractivity contribution in [2.75, 3.05) is 25.0 Å². The SMILES string of the molecule is C=CCN(C)C(=O)N[C@H]1CCCN(c2ccc(F)cc2C)C1=O. The van der Waals surface area contributed by atoms with Gasteiger partial charge < -0.3 is 15.1 Å². The van der Waals surface area contributed by atoms with Gasteiger partial charge in [0.15, 0.2) is 0 Å². The van der Waals surface area contributed by atoms with Gasteiger partial charge >= 0.3 is 6.03 Å². The zero-order valence-electron chi connectivity index (χ0n) is 13.5. The van der Waals surface area contributed by atoms with Crippen molar-refractivity contribution in [1.82, 2.24) is 10.2 Å². The standard InChI is InChI=1S/C17H22FN3O2/c1-4-9-20(3)17(23)19-14-6-5-10-21(16(14)22)15-8-7-13(18)11-12(15)2/h4,7-8,11,14H,1,5-6,9-10H2,2-3H3,(H,19,23)/t14-/m0/s1. The fourth-order valence-electron chi connectivity index (χ4n) is 2.71. The van der Waals surface area contributed by atoms with E-state index in [1.807, 2.05) is 0 Å². The molecule has 1 atom stereocenters. The second kappa shape index (κ2) is 7.26. The predicted octanol–water partition coefficient (Wildman–Crippen LogP) is 2.46. The van der Waals surface area contributed by atoms with E-state index in [0.29, 0.717) is 30.8 Å². The maximum atomic E-state index is 13.2. The van der Waals surface area contributed by atoms with Crippen LogP contribution in [-0.4, -0.2) is 43.0 Å². The molecule has 1 saturated heterocycles. The zero-order valence-corrected chi connectivity index (χ0v) is 13.5. The van der Waals surface area contributed by atoms with Crippen LogP contribution in [0.4, 0.5) is 14.9 Å². The summed E-state index contributed by atoms with van der Waals surface area (Å²) < 4.78 is 13.2. The molecule has 1 aromatic rings. The van der Waals surface area contributed by atoms with Gasteiger partial charge in [-0.25, -0.2) is 9.18 Å². The smallest absolute Gasteiger partial charge is 0.318 e. The third-order valence-electron chi connectivity index (χ3n) is 3.94. The maximum absolute atomic E-state index is 13.2. The lowest BCUT2D eigenvalue weighted by molar-refractivity contribution is -0.121. The average Bonchev–Trinajstić information content (AvgIpc) is 2.50. The van der Waals surface area contributed by atoms with Crippen LogP contribution in [0.5, 0.6) is 0 Å². The minimum atomic E-state index is -0.562. The minimum Gasteiger partial charge on any atom is -0.326 e. The third-order valence-corrected chi connectivity index (χ3v) is 3.94. The van der Waals surface area contributed by atoms with Crippen molar-refractivity contribution < 1.29 is 14.0 Å². The van der Waals surface area contributed by atoms with Gasteiger partial charge in [-0.05, 0) is 43.5 Å². The Balaban J connectivity index is 2.12. The molecule has 0 radical (unpaired) electrons. The number of amides is 3. The summed E-state index contributed by atoms with van der Waals surface area (Å²) >= 11 is 0. The molecule has 1 aliphatic heterocycles. The minimum absolute atomic E-state index is 0.161. The Morgan fingerprint density at radius 3 is 2.96 bits per heavy atom. The van der Waals surface area contributed by atoms with Crippen LogP contribution in [0.15, 0.2) is 30.9 Å². The Kier molecular flexibility index (Phi) is 5.36. The van der Waals surface area contributed by atoms with Gasteiger partial charge in [-0.1, -0.05) is 6.08 Å². The largest absolute Gasteiger partial charge is 0.326 e. The summed E-state index contributed by atoms with van der Waals surface area (Å²) in [5.41, 5.74) is 1.39. The van der Waals surface area contributed by atoms with E-state index in [1.54, 1.807) is 31.0 Å². The number of nitrogens with one attached hydrogen (secondary N) is 1. The van der Waals surface area contributed by atoms with Gasteiger partial charge in [0, 0.05) is 25.8 Å². The number of halogens is 1. The highest BCUT2D eigenvalue weighted by atomic mass is 19.1. The Bertz CT molecular complexity index is 618. The molecule has 1 N–H and O–H groups in total. The number of carbonyl (C=O) groups excluding carboxylic acids is 2. The summed E-state index contributed by atoms with van der Waals surface area (Å²) in [5.74, 6) is -0.488. The van der Waals surface area contributed by atoms with E-state index >= 15 is 0 Å². The second-order valence-electron chi connectivity index (χ2n) is 5.73. The number of rotatable bonds is 4. The van der Waals surface area contributed by atoms with E-state index in [9.17, 15) is 14.0 Å². The molecule has 0 unspecified atom stereocenters. The molecule has 6 heteroatoms. The number of urea groups is 1. The first-order valence-electron chi connectivity index (χ1n) is 7.64. The van der Waals surface area contributed by atoms with Gasteiger partial charge in [0.1, 0.15) is 11.9 Å². The number of hydrogen-bond acceptors (Lipinski definition) is 2. The van der Waals surface area contributed by atoms with Crippen molar-refractivity contribution in [2.24, 2.45) is 0 Å². The summed E-state index contributed by atoms with van der Waals surface area (Å²) in [5, 5.41) is 2.76. The van der Waals surface area contributed by atoms with Gasteiger partial charge in [-0.3, -0.25) is 4.79 Å².